The van der Waals surface area contributed by atoms with Gasteiger partial charge in [-0.1, -0.05) is 44.5 Å². The first-order valence-electron chi connectivity index (χ1n) is 7.15. The molecule has 4 heteroatoms. The van der Waals surface area contributed by atoms with E-state index in [0.29, 0.717) is 6.04 Å². The zero-order valence-corrected chi connectivity index (χ0v) is 13.1. The molecular formula is C16H22ClN3. The van der Waals surface area contributed by atoms with Gasteiger partial charge in [0.25, 0.3) is 0 Å². The Kier molecular flexibility index (Phi) is 5.21. The van der Waals surface area contributed by atoms with E-state index in [9.17, 15) is 0 Å². The Morgan fingerprint density at radius 2 is 2.10 bits per heavy atom. The highest BCUT2D eigenvalue weighted by atomic mass is 35.5. The lowest BCUT2D eigenvalue weighted by Crippen LogP contribution is -2.21. The SMILES string of the molecule is CCCn1nccc1-c1ccc(CNC(C)C)c(Cl)c1. The molecule has 0 saturated heterocycles. The second-order valence-corrected chi connectivity index (χ2v) is 5.69. The first-order valence-corrected chi connectivity index (χ1v) is 7.53. The molecule has 0 atom stereocenters. The topological polar surface area (TPSA) is 29.9 Å². The highest BCUT2D eigenvalue weighted by molar-refractivity contribution is 6.31. The van der Waals surface area contributed by atoms with E-state index in [4.69, 9.17) is 11.6 Å². The third-order valence-electron chi connectivity index (χ3n) is 3.20. The van der Waals surface area contributed by atoms with E-state index < -0.39 is 0 Å². The smallest absolute Gasteiger partial charge is 0.0682 e. The molecule has 2 rings (SSSR count). The fraction of sp³-hybridized carbons (Fsp3) is 0.438. The number of nitrogens with one attached hydrogen (secondary N) is 1. The largest absolute Gasteiger partial charge is 0.310 e. The van der Waals surface area contributed by atoms with Crippen molar-refractivity contribution in [1.82, 2.24) is 15.1 Å². The van der Waals surface area contributed by atoms with Crippen molar-refractivity contribution in [2.75, 3.05) is 0 Å². The van der Waals surface area contributed by atoms with Crippen LogP contribution in [0.3, 0.4) is 0 Å². The minimum absolute atomic E-state index is 0.455. The summed E-state index contributed by atoms with van der Waals surface area (Å²) in [5.41, 5.74) is 3.37. The summed E-state index contributed by atoms with van der Waals surface area (Å²) in [4.78, 5) is 0. The Balaban J connectivity index is 2.22. The first-order chi connectivity index (χ1) is 9.61. The van der Waals surface area contributed by atoms with Crippen molar-refractivity contribution >= 4 is 11.6 Å². The van der Waals surface area contributed by atoms with E-state index in [1.807, 2.05) is 23.0 Å². The van der Waals surface area contributed by atoms with Gasteiger partial charge in [0.05, 0.1) is 5.69 Å². The molecule has 0 bridgehead atoms. The number of halogens is 1. The summed E-state index contributed by atoms with van der Waals surface area (Å²) < 4.78 is 2.03. The standard InChI is InChI=1S/C16H22ClN3/c1-4-9-20-16(7-8-19-20)13-5-6-14(15(17)10-13)11-18-12(2)3/h5-8,10,12,18H,4,9,11H2,1-3H3. The quantitative estimate of drug-likeness (QED) is 0.868. The zero-order valence-electron chi connectivity index (χ0n) is 12.4. The first kappa shape index (κ1) is 15.1. The van der Waals surface area contributed by atoms with E-state index >= 15 is 0 Å². The minimum Gasteiger partial charge on any atom is -0.310 e. The minimum atomic E-state index is 0.455. The molecule has 0 fully saturated rings. The Labute approximate surface area is 126 Å². The normalized spacial score (nSPS) is 11.2. The molecule has 0 radical (unpaired) electrons. The number of hydrogen-bond acceptors (Lipinski definition) is 2. The highest BCUT2D eigenvalue weighted by Gasteiger charge is 2.08. The zero-order chi connectivity index (χ0) is 14.5. The van der Waals surface area contributed by atoms with Crippen LogP contribution in [0.5, 0.6) is 0 Å². The van der Waals surface area contributed by atoms with Gasteiger partial charge in [0.2, 0.25) is 0 Å². The van der Waals surface area contributed by atoms with Crippen molar-refractivity contribution in [3.8, 4) is 11.3 Å². The Morgan fingerprint density at radius 3 is 2.75 bits per heavy atom. The van der Waals surface area contributed by atoms with E-state index in [2.05, 4.69) is 43.3 Å². The van der Waals surface area contributed by atoms with E-state index in [1.165, 1.54) is 0 Å². The van der Waals surface area contributed by atoms with Crippen molar-refractivity contribution in [2.24, 2.45) is 0 Å². The van der Waals surface area contributed by atoms with Gasteiger partial charge in [0.15, 0.2) is 0 Å². The van der Waals surface area contributed by atoms with Gasteiger partial charge in [-0.3, -0.25) is 4.68 Å². The third kappa shape index (κ3) is 3.62. The molecule has 20 heavy (non-hydrogen) atoms. The average molecular weight is 292 g/mol. The molecule has 0 spiro atoms. The van der Waals surface area contributed by atoms with Crippen molar-refractivity contribution in [2.45, 2.75) is 46.3 Å². The number of nitrogens with zero attached hydrogens (tertiary/aromatic N) is 2. The molecule has 0 unspecified atom stereocenters. The fourth-order valence-corrected chi connectivity index (χ4v) is 2.38. The number of benzene rings is 1. The van der Waals surface area contributed by atoms with Crippen LogP contribution in [0.15, 0.2) is 30.5 Å². The lowest BCUT2D eigenvalue weighted by Gasteiger charge is -2.11. The maximum Gasteiger partial charge on any atom is 0.0682 e. The molecule has 1 aromatic carbocycles. The Bertz CT molecular complexity index is 561. The van der Waals surface area contributed by atoms with E-state index in [0.717, 1.165) is 41.4 Å². The summed E-state index contributed by atoms with van der Waals surface area (Å²) >= 11 is 6.39. The van der Waals surface area contributed by atoms with Crippen molar-refractivity contribution in [3.63, 3.8) is 0 Å². The van der Waals surface area contributed by atoms with Crippen molar-refractivity contribution in [1.29, 1.82) is 0 Å². The summed E-state index contributed by atoms with van der Waals surface area (Å²) in [6.45, 7) is 8.14. The molecule has 3 nitrogen and oxygen atoms in total. The molecule has 1 heterocycles. The molecule has 1 N–H and O–H groups in total. The molecular weight excluding hydrogens is 270 g/mol. The molecule has 0 amide bonds. The Hall–Kier alpha value is -1.32. The van der Waals surface area contributed by atoms with Crippen LogP contribution in [0.2, 0.25) is 5.02 Å². The Morgan fingerprint density at radius 1 is 1.30 bits per heavy atom. The van der Waals surface area contributed by atoms with Crippen molar-refractivity contribution < 1.29 is 0 Å². The summed E-state index contributed by atoms with van der Waals surface area (Å²) in [6.07, 6.45) is 2.91. The second-order valence-electron chi connectivity index (χ2n) is 5.28. The van der Waals surface area contributed by atoms with Crippen LogP contribution in [0.4, 0.5) is 0 Å². The molecule has 108 valence electrons. The number of hydrogen-bond donors (Lipinski definition) is 1. The van der Waals surface area contributed by atoms with Crippen LogP contribution >= 0.6 is 11.6 Å². The summed E-state index contributed by atoms with van der Waals surface area (Å²) in [7, 11) is 0. The predicted octanol–water partition coefficient (Wildman–Crippen LogP) is 4.11. The molecule has 2 aromatic rings. The van der Waals surface area contributed by atoms with Gasteiger partial charge in [-0.15, -0.1) is 0 Å². The second kappa shape index (κ2) is 6.91. The highest BCUT2D eigenvalue weighted by Crippen LogP contribution is 2.25. The maximum absolute atomic E-state index is 6.39. The van der Waals surface area contributed by atoms with Gasteiger partial charge >= 0.3 is 0 Å². The molecule has 0 saturated carbocycles. The fourth-order valence-electron chi connectivity index (χ4n) is 2.13. The van der Waals surface area contributed by atoms with Crippen LogP contribution in [0, 0.1) is 0 Å². The van der Waals surface area contributed by atoms with E-state index in [1.54, 1.807) is 0 Å². The number of aryl methyl sites for hydroxylation is 1. The van der Waals surface area contributed by atoms with Crippen LogP contribution in [-0.2, 0) is 13.1 Å². The number of aromatic nitrogens is 2. The molecule has 1 aromatic heterocycles. The van der Waals surface area contributed by atoms with Gasteiger partial charge in [0, 0.05) is 35.9 Å². The third-order valence-corrected chi connectivity index (χ3v) is 3.55. The lowest BCUT2D eigenvalue weighted by atomic mass is 10.1. The van der Waals surface area contributed by atoms with Gasteiger partial charge in [-0.05, 0) is 24.1 Å². The van der Waals surface area contributed by atoms with Gasteiger partial charge in [-0.25, -0.2) is 0 Å². The molecule has 0 aliphatic heterocycles. The lowest BCUT2D eigenvalue weighted by molar-refractivity contribution is 0.589. The van der Waals surface area contributed by atoms with Gasteiger partial charge in [-0.2, -0.15) is 5.10 Å². The monoisotopic (exact) mass is 291 g/mol. The molecule has 0 aliphatic rings. The molecule has 0 aliphatic carbocycles. The van der Waals surface area contributed by atoms with Gasteiger partial charge in [0.1, 0.15) is 0 Å². The van der Waals surface area contributed by atoms with Crippen LogP contribution < -0.4 is 5.32 Å². The number of rotatable bonds is 6. The van der Waals surface area contributed by atoms with Crippen LogP contribution in [0.1, 0.15) is 32.8 Å². The summed E-state index contributed by atoms with van der Waals surface area (Å²) in [5, 5.41) is 8.55. The summed E-state index contributed by atoms with van der Waals surface area (Å²) in [5.74, 6) is 0. The maximum atomic E-state index is 6.39. The average Bonchev–Trinajstić information content (AvgIpc) is 2.86. The summed E-state index contributed by atoms with van der Waals surface area (Å²) in [6, 6.07) is 8.73. The van der Waals surface area contributed by atoms with Crippen molar-refractivity contribution in [3.05, 3.63) is 41.0 Å². The van der Waals surface area contributed by atoms with Crippen LogP contribution in [0.25, 0.3) is 11.3 Å². The van der Waals surface area contributed by atoms with Crippen LogP contribution in [-0.4, -0.2) is 15.8 Å². The van der Waals surface area contributed by atoms with Gasteiger partial charge < -0.3 is 5.32 Å². The predicted molar refractivity (Wildman–Crippen MR) is 84.9 cm³/mol. The van der Waals surface area contributed by atoms with E-state index in [-0.39, 0.29) is 0 Å².